The Morgan fingerprint density at radius 3 is 1.76 bits per heavy atom. The topological polar surface area (TPSA) is 132 Å². The van der Waals surface area contributed by atoms with Gasteiger partial charge in [-0.05, 0) is 30.1 Å². The molecule has 0 heterocycles. The molecule has 0 saturated carbocycles. The second kappa shape index (κ2) is 5.85. The average molecular weight is 289 g/mol. The van der Waals surface area contributed by atoms with Crippen LogP contribution >= 0.6 is 23.2 Å². The van der Waals surface area contributed by atoms with Crippen LogP contribution in [0.3, 0.4) is 0 Å². The first kappa shape index (κ1) is 16.4. The summed E-state index contributed by atoms with van der Waals surface area (Å²) in [6, 6.07) is 0. The van der Waals surface area contributed by atoms with E-state index in [1.54, 1.807) is 0 Å². The fourth-order valence-corrected chi connectivity index (χ4v) is 1.39. The Bertz CT molecular complexity index is 329. The summed E-state index contributed by atoms with van der Waals surface area (Å²) in [5.41, 5.74) is -3.13. The van der Waals surface area contributed by atoms with Crippen molar-refractivity contribution in [3.63, 3.8) is 0 Å². The molecule has 17 heavy (non-hydrogen) atoms. The summed E-state index contributed by atoms with van der Waals surface area (Å²) in [6.07, 6.45) is -7.13. The lowest BCUT2D eigenvalue weighted by molar-refractivity contribution is -0.174. The van der Waals surface area contributed by atoms with E-state index < -0.39 is 40.2 Å². The number of hydrogen-bond acceptors (Lipinski definition) is 7. The van der Waals surface area contributed by atoms with Gasteiger partial charge in [-0.1, -0.05) is 0 Å². The number of ketones is 1. The minimum Gasteiger partial charge on any atom is -0.387 e. The molecule has 98 valence electrons. The highest BCUT2D eigenvalue weighted by Crippen LogP contribution is 2.21. The summed E-state index contributed by atoms with van der Waals surface area (Å²) in [7, 11) is 0. The molecule has 0 aromatic heterocycles. The maximum Gasteiger partial charge on any atom is 0.263 e. The van der Waals surface area contributed by atoms with Crippen LogP contribution in [0.4, 0.5) is 0 Å². The SMILES string of the molecule is CC(=O)C(O)(C(=O)Cl)C(O)C(O)C(O)C(=O)Cl. The number of halogens is 2. The number of carbonyl (C=O) groups is 3. The van der Waals surface area contributed by atoms with Crippen LogP contribution in [-0.2, 0) is 14.4 Å². The van der Waals surface area contributed by atoms with Crippen molar-refractivity contribution in [1.29, 1.82) is 0 Å². The van der Waals surface area contributed by atoms with Gasteiger partial charge >= 0.3 is 0 Å². The van der Waals surface area contributed by atoms with Gasteiger partial charge in [0.1, 0.15) is 12.2 Å². The lowest BCUT2D eigenvalue weighted by Crippen LogP contribution is -2.60. The van der Waals surface area contributed by atoms with Gasteiger partial charge in [0.05, 0.1) is 0 Å². The molecule has 0 radical (unpaired) electrons. The zero-order chi connectivity index (χ0) is 14.0. The van der Waals surface area contributed by atoms with Crippen molar-refractivity contribution in [2.75, 3.05) is 0 Å². The lowest BCUT2D eigenvalue weighted by atomic mass is 9.88. The summed E-state index contributed by atoms with van der Waals surface area (Å²) in [6.45, 7) is 0.727. The first-order chi connectivity index (χ1) is 7.56. The fraction of sp³-hybridized carbons (Fsp3) is 0.625. The molecule has 0 rings (SSSR count). The van der Waals surface area contributed by atoms with Gasteiger partial charge in [-0.15, -0.1) is 0 Å². The van der Waals surface area contributed by atoms with Gasteiger partial charge in [0.2, 0.25) is 5.60 Å². The van der Waals surface area contributed by atoms with Crippen molar-refractivity contribution in [1.82, 2.24) is 0 Å². The Hall–Kier alpha value is -0.570. The molecule has 4 N–H and O–H groups in total. The molecule has 0 spiro atoms. The second-order valence-electron chi connectivity index (χ2n) is 3.28. The standard InChI is InChI=1S/C8H10Cl2O7/c1-2(11)8(17,7(10)16)5(14)3(12)4(13)6(9)15/h3-5,12-14,17H,1H3. The van der Waals surface area contributed by atoms with Crippen LogP contribution in [0.15, 0.2) is 0 Å². The molecule has 0 aliphatic heterocycles. The molecule has 0 aromatic rings. The minimum absolute atomic E-state index is 0.727. The van der Waals surface area contributed by atoms with Crippen LogP contribution < -0.4 is 0 Å². The zero-order valence-electron chi connectivity index (χ0n) is 8.50. The largest absolute Gasteiger partial charge is 0.387 e. The molecule has 9 heteroatoms. The van der Waals surface area contributed by atoms with E-state index >= 15 is 0 Å². The highest BCUT2D eigenvalue weighted by atomic mass is 35.5. The highest BCUT2D eigenvalue weighted by molar-refractivity contribution is 6.67. The van der Waals surface area contributed by atoms with E-state index in [0.29, 0.717) is 0 Å². The highest BCUT2D eigenvalue weighted by Gasteiger charge is 2.52. The molecular weight excluding hydrogens is 279 g/mol. The first-order valence-corrected chi connectivity index (χ1v) is 4.99. The maximum absolute atomic E-state index is 11.0. The molecule has 4 atom stereocenters. The minimum atomic E-state index is -3.13. The van der Waals surface area contributed by atoms with Gasteiger partial charge in [0.25, 0.3) is 10.5 Å². The van der Waals surface area contributed by atoms with Crippen molar-refractivity contribution in [2.45, 2.75) is 30.8 Å². The van der Waals surface area contributed by atoms with E-state index in [1.165, 1.54) is 0 Å². The quantitative estimate of drug-likeness (QED) is 0.326. The summed E-state index contributed by atoms with van der Waals surface area (Å²) in [4.78, 5) is 32.4. The van der Waals surface area contributed by atoms with Gasteiger partial charge in [-0.25, -0.2) is 0 Å². The third-order valence-corrected chi connectivity index (χ3v) is 2.66. The number of rotatable bonds is 6. The molecule has 4 unspecified atom stereocenters. The molecule has 0 fully saturated rings. The van der Waals surface area contributed by atoms with Gasteiger partial charge in [-0.2, -0.15) is 0 Å². The van der Waals surface area contributed by atoms with Crippen LogP contribution in [0, 0.1) is 0 Å². The van der Waals surface area contributed by atoms with E-state index in [2.05, 4.69) is 0 Å². The van der Waals surface area contributed by atoms with Crippen molar-refractivity contribution in [3.8, 4) is 0 Å². The van der Waals surface area contributed by atoms with E-state index in [9.17, 15) is 29.7 Å². The van der Waals surface area contributed by atoms with Crippen molar-refractivity contribution >= 4 is 39.5 Å². The van der Waals surface area contributed by atoms with E-state index in [4.69, 9.17) is 28.3 Å². The van der Waals surface area contributed by atoms with Crippen LogP contribution in [0.25, 0.3) is 0 Å². The Balaban J connectivity index is 5.25. The van der Waals surface area contributed by atoms with Crippen LogP contribution in [0.5, 0.6) is 0 Å². The molecule has 0 aliphatic rings. The van der Waals surface area contributed by atoms with Gasteiger partial charge < -0.3 is 20.4 Å². The first-order valence-electron chi connectivity index (χ1n) is 4.23. The Labute approximate surface area is 106 Å². The van der Waals surface area contributed by atoms with Crippen LogP contribution in [0.2, 0.25) is 0 Å². The number of hydrogen-bond donors (Lipinski definition) is 4. The van der Waals surface area contributed by atoms with Crippen molar-refractivity contribution in [3.05, 3.63) is 0 Å². The molecule has 0 amide bonds. The summed E-state index contributed by atoms with van der Waals surface area (Å²) in [5.74, 6) is -1.27. The number of aliphatic hydroxyl groups is 4. The van der Waals surface area contributed by atoms with Gasteiger partial charge in [0.15, 0.2) is 11.9 Å². The third kappa shape index (κ3) is 3.21. The fourth-order valence-electron chi connectivity index (χ4n) is 1.02. The Morgan fingerprint density at radius 1 is 1.12 bits per heavy atom. The number of Topliss-reactive ketones (excluding diaryl/α,β-unsaturated/α-hetero) is 1. The van der Waals surface area contributed by atoms with Crippen molar-refractivity contribution in [2.24, 2.45) is 0 Å². The summed E-state index contributed by atoms with van der Waals surface area (Å²) >= 11 is 9.75. The van der Waals surface area contributed by atoms with Gasteiger partial charge in [-0.3, -0.25) is 14.4 Å². The van der Waals surface area contributed by atoms with Crippen LogP contribution in [0.1, 0.15) is 6.92 Å². The molecule has 0 bridgehead atoms. The zero-order valence-corrected chi connectivity index (χ0v) is 10.0. The van der Waals surface area contributed by atoms with E-state index in [1.807, 2.05) is 0 Å². The summed E-state index contributed by atoms with van der Waals surface area (Å²) < 4.78 is 0. The predicted octanol–water partition coefficient (Wildman–Crippen LogP) is -2.08. The number of aliphatic hydroxyl groups excluding tert-OH is 3. The van der Waals surface area contributed by atoms with Crippen molar-refractivity contribution < 1.29 is 34.8 Å². The second-order valence-corrected chi connectivity index (χ2v) is 4.00. The van der Waals surface area contributed by atoms with E-state index in [0.717, 1.165) is 6.92 Å². The molecule has 0 aromatic carbocycles. The Kier molecular flexibility index (Phi) is 5.66. The normalized spacial score (nSPS) is 19.9. The molecule has 7 nitrogen and oxygen atoms in total. The monoisotopic (exact) mass is 288 g/mol. The summed E-state index contributed by atoms with van der Waals surface area (Å²) in [5, 5.41) is 34.1. The third-order valence-electron chi connectivity index (χ3n) is 2.14. The van der Waals surface area contributed by atoms with Crippen LogP contribution in [-0.4, -0.2) is 60.6 Å². The Morgan fingerprint density at radius 2 is 1.53 bits per heavy atom. The number of carbonyl (C=O) groups excluding carboxylic acids is 3. The molecule has 0 aliphatic carbocycles. The predicted molar refractivity (Wildman–Crippen MR) is 55.4 cm³/mol. The average Bonchev–Trinajstić information content (AvgIpc) is 2.23. The molecular formula is C8H10Cl2O7. The molecule has 0 saturated heterocycles. The van der Waals surface area contributed by atoms with E-state index in [-0.39, 0.29) is 0 Å². The maximum atomic E-state index is 11.0. The lowest BCUT2D eigenvalue weighted by Gasteiger charge is -2.31. The smallest absolute Gasteiger partial charge is 0.263 e. The van der Waals surface area contributed by atoms with Gasteiger partial charge in [0, 0.05) is 0 Å².